The number of anilines is 2. The Morgan fingerprint density at radius 1 is 1.08 bits per heavy atom. The summed E-state index contributed by atoms with van der Waals surface area (Å²) in [5.41, 5.74) is 0.159. The first kappa shape index (κ1) is 18.4. The van der Waals surface area contributed by atoms with Crippen LogP contribution in [0.4, 0.5) is 16.3 Å². The molecule has 2 amide bonds. The van der Waals surface area contributed by atoms with Gasteiger partial charge in [0.25, 0.3) is 0 Å². The van der Waals surface area contributed by atoms with E-state index in [4.69, 9.17) is 44.3 Å². The van der Waals surface area contributed by atoms with Crippen LogP contribution in [0.5, 0.6) is 11.5 Å². The highest BCUT2D eigenvalue weighted by atomic mass is 35.5. The summed E-state index contributed by atoms with van der Waals surface area (Å²) in [4.78, 5) is 21.4. The van der Waals surface area contributed by atoms with Gasteiger partial charge in [-0.1, -0.05) is 34.8 Å². The maximum Gasteiger partial charge on any atom is 0.327 e. The monoisotopic (exact) mass is 390 g/mol. The van der Waals surface area contributed by atoms with Gasteiger partial charge < -0.3 is 14.8 Å². The molecule has 0 aliphatic heterocycles. The van der Waals surface area contributed by atoms with Gasteiger partial charge in [-0.05, 0) is 0 Å². The van der Waals surface area contributed by atoms with E-state index in [0.717, 1.165) is 0 Å². The minimum Gasteiger partial charge on any atom is -0.495 e. The maximum absolute atomic E-state index is 12.4. The van der Waals surface area contributed by atoms with Crippen molar-refractivity contribution < 1.29 is 14.3 Å². The maximum atomic E-state index is 12.4. The van der Waals surface area contributed by atoms with Crippen LogP contribution < -0.4 is 19.7 Å². The molecule has 0 unspecified atom stereocenters. The van der Waals surface area contributed by atoms with Crippen LogP contribution in [-0.2, 0) is 0 Å². The topological polar surface area (TPSA) is 76.6 Å². The van der Waals surface area contributed by atoms with Crippen LogP contribution >= 0.6 is 34.8 Å². The zero-order chi connectivity index (χ0) is 17.9. The first-order chi connectivity index (χ1) is 11.4. The standard InChI is InChI=1S/C14H13Cl3N4O3/c1-21(10-5-9(15)18-6-19-10)14(22)20-13-11(16)7(23-2)4-8(24-3)12(13)17/h4-6H,1-3H3,(H,20,22). The van der Waals surface area contributed by atoms with Gasteiger partial charge >= 0.3 is 6.03 Å². The van der Waals surface area contributed by atoms with Crippen LogP contribution in [-0.4, -0.2) is 37.3 Å². The number of rotatable bonds is 4. The van der Waals surface area contributed by atoms with Gasteiger partial charge in [-0.3, -0.25) is 4.90 Å². The molecule has 128 valence electrons. The second kappa shape index (κ2) is 7.74. The number of hydrogen-bond donors (Lipinski definition) is 1. The first-order valence-electron chi connectivity index (χ1n) is 6.51. The number of aromatic nitrogens is 2. The number of hydrogen-bond acceptors (Lipinski definition) is 5. The van der Waals surface area contributed by atoms with Gasteiger partial charge in [0, 0.05) is 19.2 Å². The predicted octanol–water partition coefficient (Wildman–Crippen LogP) is 4.12. The smallest absolute Gasteiger partial charge is 0.327 e. The van der Waals surface area contributed by atoms with E-state index in [0.29, 0.717) is 17.3 Å². The van der Waals surface area contributed by atoms with E-state index in [1.165, 1.54) is 44.6 Å². The lowest BCUT2D eigenvalue weighted by Crippen LogP contribution is -2.32. The van der Waals surface area contributed by atoms with E-state index < -0.39 is 6.03 Å². The highest BCUT2D eigenvalue weighted by molar-refractivity contribution is 6.41. The molecule has 1 aromatic heterocycles. The van der Waals surface area contributed by atoms with Crippen LogP contribution in [0.15, 0.2) is 18.5 Å². The first-order valence-corrected chi connectivity index (χ1v) is 7.64. The van der Waals surface area contributed by atoms with E-state index in [-0.39, 0.29) is 20.9 Å². The minimum absolute atomic E-state index is 0.144. The summed E-state index contributed by atoms with van der Waals surface area (Å²) >= 11 is 18.2. The lowest BCUT2D eigenvalue weighted by molar-refractivity contribution is 0.258. The summed E-state index contributed by atoms with van der Waals surface area (Å²) in [6.07, 6.45) is 1.25. The molecule has 1 N–H and O–H groups in total. The number of benzene rings is 1. The number of nitrogens with one attached hydrogen (secondary N) is 1. The Morgan fingerprint density at radius 3 is 2.17 bits per heavy atom. The molecule has 0 saturated carbocycles. The predicted molar refractivity (Wildman–Crippen MR) is 94.0 cm³/mol. The molecule has 10 heteroatoms. The Morgan fingerprint density at radius 2 is 1.67 bits per heavy atom. The highest BCUT2D eigenvalue weighted by Gasteiger charge is 2.21. The molecule has 0 bridgehead atoms. The molecule has 0 atom stereocenters. The van der Waals surface area contributed by atoms with Gasteiger partial charge in [-0.2, -0.15) is 0 Å². The Kier molecular flexibility index (Phi) is 5.93. The quantitative estimate of drug-likeness (QED) is 0.793. The Hall–Kier alpha value is -1.96. The summed E-state index contributed by atoms with van der Waals surface area (Å²) in [5.74, 6) is 0.913. The van der Waals surface area contributed by atoms with E-state index in [1.54, 1.807) is 0 Å². The SMILES string of the molecule is COc1cc(OC)c(Cl)c(NC(=O)N(C)c2cc(Cl)ncn2)c1Cl. The zero-order valence-corrected chi connectivity index (χ0v) is 15.2. The fraction of sp³-hybridized carbons (Fsp3) is 0.214. The Bertz CT molecular complexity index is 745. The van der Waals surface area contributed by atoms with Crippen molar-refractivity contribution in [3.8, 4) is 11.5 Å². The third-order valence-corrected chi connectivity index (χ3v) is 4.03. The van der Waals surface area contributed by atoms with Crippen LogP contribution in [0, 0.1) is 0 Å². The van der Waals surface area contributed by atoms with E-state index in [9.17, 15) is 4.79 Å². The Balaban J connectivity index is 2.34. The molecule has 7 nitrogen and oxygen atoms in total. The third-order valence-electron chi connectivity index (χ3n) is 3.07. The second-order valence-electron chi connectivity index (χ2n) is 4.47. The third kappa shape index (κ3) is 3.75. The van der Waals surface area contributed by atoms with Gasteiger partial charge in [0.05, 0.1) is 19.9 Å². The minimum atomic E-state index is -0.538. The van der Waals surface area contributed by atoms with Crippen LogP contribution in [0.2, 0.25) is 15.2 Å². The largest absolute Gasteiger partial charge is 0.495 e. The van der Waals surface area contributed by atoms with Gasteiger partial charge in [-0.25, -0.2) is 14.8 Å². The van der Waals surface area contributed by atoms with Crippen LogP contribution in [0.25, 0.3) is 0 Å². The van der Waals surface area contributed by atoms with Crippen molar-refractivity contribution in [2.24, 2.45) is 0 Å². The average molecular weight is 392 g/mol. The number of ether oxygens (including phenoxy) is 2. The summed E-state index contributed by atoms with van der Waals surface area (Å²) in [6, 6.07) is 2.42. The van der Waals surface area contributed by atoms with Crippen molar-refractivity contribution >= 4 is 52.3 Å². The average Bonchev–Trinajstić information content (AvgIpc) is 2.58. The molecule has 0 radical (unpaired) electrons. The Labute approximate surface area is 153 Å². The van der Waals surface area contributed by atoms with Crippen LogP contribution in [0.3, 0.4) is 0 Å². The van der Waals surface area contributed by atoms with Crippen molar-refractivity contribution in [1.82, 2.24) is 9.97 Å². The van der Waals surface area contributed by atoms with E-state index >= 15 is 0 Å². The van der Waals surface area contributed by atoms with Crippen molar-refractivity contribution in [3.63, 3.8) is 0 Å². The van der Waals surface area contributed by atoms with Crippen LogP contribution in [0.1, 0.15) is 0 Å². The molecule has 2 rings (SSSR count). The van der Waals surface area contributed by atoms with Gasteiger partial charge in [0.15, 0.2) is 0 Å². The van der Waals surface area contributed by atoms with Crippen molar-refractivity contribution in [2.75, 3.05) is 31.5 Å². The summed E-state index contributed by atoms with van der Waals surface area (Å²) in [7, 11) is 4.39. The number of amides is 2. The summed E-state index contributed by atoms with van der Waals surface area (Å²) < 4.78 is 10.3. The lowest BCUT2D eigenvalue weighted by Gasteiger charge is -2.19. The summed E-state index contributed by atoms with van der Waals surface area (Å²) in [6.45, 7) is 0. The summed E-state index contributed by atoms with van der Waals surface area (Å²) in [5, 5.41) is 3.10. The number of methoxy groups -OCH3 is 2. The molecule has 0 spiro atoms. The highest BCUT2D eigenvalue weighted by Crippen LogP contribution is 2.44. The molecular weight excluding hydrogens is 379 g/mol. The van der Waals surface area contributed by atoms with E-state index in [1.807, 2.05) is 0 Å². The molecule has 0 aliphatic rings. The number of nitrogens with zero attached hydrogens (tertiary/aromatic N) is 3. The normalized spacial score (nSPS) is 10.2. The molecule has 0 fully saturated rings. The van der Waals surface area contributed by atoms with Crippen molar-refractivity contribution in [1.29, 1.82) is 0 Å². The molecular formula is C14H13Cl3N4O3. The molecule has 1 aromatic carbocycles. The fourth-order valence-corrected chi connectivity index (χ4v) is 2.53. The molecule has 2 aromatic rings. The molecule has 24 heavy (non-hydrogen) atoms. The van der Waals surface area contributed by atoms with Gasteiger partial charge in [0.2, 0.25) is 0 Å². The second-order valence-corrected chi connectivity index (χ2v) is 5.62. The van der Waals surface area contributed by atoms with Crippen molar-refractivity contribution in [3.05, 3.63) is 33.7 Å². The number of halogens is 3. The molecule has 0 saturated heterocycles. The number of carbonyl (C=O) groups is 1. The molecule has 0 aliphatic carbocycles. The molecule has 1 heterocycles. The zero-order valence-electron chi connectivity index (χ0n) is 12.9. The van der Waals surface area contributed by atoms with Crippen molar-refractivity contribution in [2.45, 2.75) is 0 Å². The van der Waals surface area contributed by atoms with Gasteiger partial charge in [0.1, 0.15) is 38.8 Å². The lowest BCUT2D eigenvalue weighted by atomic mass is 10.2. The van der Waals surface area contributed by atoms with E-state index in [2.05, 4.69) is 15.3 Å². The number of urea groups is 1. The number of carbonyl (C=O) groups excluding carboxylic acids is 1. The van der Waals surface area contributed by atoms with Gasteiger partial charge in [-0.15, -0.1) is 0 Å². The fourth-order valence-electron chi connectivity index (χ4n) is 1.80.